The number of anilines is 1. The Morgan fingerprint density at radius 3 is 2.84 bits per heavy atom. The molecule has 0 saturated heterocycles. The quantitative estimate of drug-likeness (QED) is 0.508. The van der Waals surface area contributed by atoms with Crippen LogP contribution in [0.1, 0.15) is 29.4 Å². The number of aromatic nitrogens is 2. The van der Waals surface area contributed by atoms with E-state index >= 15 is 0 Å². The van der Waals surface area contributed by atoms with E-state index in [9.17, 15) is 0 Å². The zero-order valence-electron chi connectivity index (χ0n) is 11.3. The van der Waals surface area contributed by atoms with Crippen molar-refractivity contribution in [3.63, 3.8) is 0 Å². The van der Waals surface area contributed by atoms with E-state index in [-0.39, 0.29) is 0 Å². The Balaban J connectivity index is 2.11. The molecule has 0 aliphatic carbocycles. The SMILES string of the molecule is CCc1c(C)[nH]c(/C=N\Nc2cccc(Cl)n2)c1C. The van der Waals surface area contributed by atoms with Crippen LogP contribution < -0.4 is 5.43 Å². The van der Waals surface area contributed by atoms with Gasteiger partial charge in [0.2, 0.25) is 0 Å². The van der Waals surface area contributed by atoms with Gasteiger partial charge in [0.05, 0.1) is 11.9 Å². The zero-order valence-corrected chi connectivity index (χ0v) is 12.0. The molecule has 0 fully saturated rings. The van der Waals surface area contributed by atoms with E-state index in [1.54, 1.807) is 12.3 Å². The third-order valence-electron chi connectivity index (χ3n) is 3.07. The van der Waals surface area contributed by atoms with Gasteiger partial charge in [-0.1, -0.05) is 24.6 Å². The third-order valence-corrected chi connectivity index (χ3v) is 3.28. The number of nitrogens with one attached hydrogen (secondary N) is 2. The monoisotopic (exact) mass is 276 g/mol. The lowest BCUT2D eigenvalue weighted by Gasteiger charge is -1.99. The van der Waals surface area contributed by atoms with Crippen molar-refractivity contribution in [1.82, 2.24) is 9.97 Å². The maximum atomic E-state index is 5.80. The van der Waals surface area contributed by atoms with Crippen LogP contribution in [0.25, 0.3) is 0 Å². The Morgan fingerprint density at radius 2 is 2.21 bits per heavy atom. The molecule has 0 aromatic carbocycles. The molecule has 0 radical (unpaired) electrons. The maximum Gasteiger partial charge on any atom is 0.147 e. The van der Waals surface area contributed by atoms with Crippen LogP contribution in [-0.4, -0.2) is 16.2 Å². The second-order valence-corrected chi connectivity index (χ2v) is 4.72. The van der Waals surface area contributed by atoms with Crippen molar-refractivity contribution in [2.24, 2.45) is 5.10 Å². The number of nitrogens with zero attached hydrogens (tertiary/aromatic N) is 2. The molecule has 0 aliphatic heterocycles. The summed E-state index contributed by atoms with van der Waals surface area (Å²) in [5, 5.41) is 4.62. The molecule has 2 N–H and O–H groups in total. The van der Waals surface area contributed by atoms with E-state index in [1.807, 2.05) is 12.1 Å². The highest BCUT2D eigenvalue weighted by Gasteiger charge is 2.07. The van der Waals surface area contributed by atoms with Crippen LogP contribution in [0.15, 0.2) is 23.3 Å². The molecule has 4 nitrogen and oxygen atoms in total. The van der Waals surface area contributed by atoms with E-state index in [4.69, 9.17) is 11.6 Å². The van der Waals surface area contributed by atoms with Gasteiger partial charge in [0, 0.05) is 5.69 Å². The fourth-order valence-electron chi connectivity index (χ4n) is 2.11. The molecule has 0 saturated carbocycles. The summed E-state index contributed by atoms with van der Waals surface area (Å²) in [6.45, 7) is 6.33. The van der Waals surface area contributed by atoms with E-state index < -0.39 is 0 Å². The second-order valence-electron chi connectivity index (χ2n) is 4.34. The number of rotatable bonds is 4. The number of hydrazone groups is 1. The minimum atomic E-state index is 0.445. The fourth-order valence-corrected chi connectivity index (χ4v) is 2.27. The maximum absolute atomic E-state index is 5.80. The molecular formula is C14H17ClN4. The van der Waals surface area contributed by atoms with Gasteiger partial charge in [-0.05, 0) is 43.5 Å². The Morgan fingerprint density at radius 1 is 1.42 bits per heavy atom. The fraction of sp³-hybridized carbons (Fsp3) is 0.286. The van der Waals surface area contributed by atoms with Gasteiger partial charge in [-0.25, -0.2) is 4.98 Å². The molecule has 0 aliphatic rings. The van der Waals surface area contributed by atoms with E-state index in [2.05, 4.69) is 41.3 Å². The first-order chi connectivity index (χ1) is 9.11. The van der Waals surface area contributed by atoms with Crippen molar-refractivity contribution in [2.75, 3.05) is 5.43 Å². The largest absolute Gasteiger partial charge is 0.357 e. The number of hydrogen-bond acceptors (Lipinski definition) is 3. The molecule has 0 bridgehead atoms. The molecule has 2 aromatic heterocycles. The minimum Gasteiger partial charge on any atom is -0.357 e. The Hall–Kier alpha value is -1.81. The van der Waals surface area contributed by atoms with Gasteiger partial charge in [0.25, 0.3) is 0 Å². The van der Waals surface area contributed by atoms with Gasteiger partial charge in [-0.2, -0.15) is 5.10 Å². The predicted octanol–water partition coefficient (Wildman–Crippen LogP) is 3.69. The lowest BCUT2D eigenvalue weighted by Crippen LogP contribution is -1.94. The molecule has 5 heteroatoms. The van der Waals surface area contributed by atoms with Gasteiger partial charge in [0.1, 0.15) is 11.0 Å². The van der Waals surface area contributed by atoms with E-state index in [0.717, 1.165) is 12.1 Å². The number of aryl methyl sites for hydroxylation is 1. The van der Waals surface area contributed by atoms with Crippen molar-refractivity contribution in [3.8, 4) is 0 Å². The van der Waals surface area contributed by atoms with Crippen LogP contribution >= 0.6 is 11.6 Å². The van der Waals surface area contributed by atoms with Gasteiger partial charge < -0.3 is 4.98 Å². The molecule has 0 unspecified atom stereocenters. The van der Waals surface area contributed by atoms with Crippen LogP contribution in [-0.2, 0) is 6.42 Å². The first-order valence-electron chi connectivity index (χ1n) is 6.21. The van der Waals surface area contributed by atoms with Crippen LogP contribution in [0.5, 0.6) is 0 Å². The summed E-state index contributed by atoms with van der Waals surface area (Å²) in [7, 11) is 0. The molecule has 0 amide bonds. The second kappa shape index (κ2) is 5.89. The number of pyridine rings is 1. The summed E-state index contributed by atoms with van der Waals surface area (Å²) in [4.78, 5) is 7.42. The molecule has 2 aromatic rings. The van der Waals surface area contributed by atoms with Gasteiger partial charge in [-0.15, -0.1) is 0 Å². The molecule has 19 heavy (non-hydrogen) atoms. The smallest absolute Gasteiger partial charge is 0.147 e. The summed E-state index contributed by atoms with van der Waals surface area (Å²) >= 11 is 5.80. The highest BCUT2D eigenvalue weighted by Crippen LogP contribution is 2.17. The minimum absolute atomic E-state index is 0.445. The zero-order chi connectivity index (χ0) is 13.8. The molecule has 0 spiro atoms. The summed E-state index contributed by atoms with van der Waals surface area (Å²) in [6.07, 6.45) is 2.79. The normalized spacial score (nSPS) is 11.2. The summed E-state index contributed by atoms with van der Waals surface area (Å²) in [5.41, 5.74) is 7.67. The van der Waals surface area contributed by atoms with Gasteiger partial charge >= 0.3 is 0 Å². The van der Waals surface area contributed by atoms with Crippen LogP contribution in [0.2, 0.25) is 5.15 Å². The number of aromatic amines is 1. The average molecular weight is 277 g/mol. The first-order valence-corrected chi connectivity index (χ1v) is 6.59. The van der Waals surface area contributed by atoms with Crippen LogP contribution in [0.4, 0.5) is 5.82 Å². The highest BCUT2D eigenvalue weighted by molar-refractivity contribution is 6.29. The summed E-state index contributed by atoms with van der Waals surface area (Å²) in [5.74, 6) is 0.625. The third kappa shape index (κ3) is 3.15. The van der Waals surface area contributed by atoms with Crippen LogP contribution in [0, 0.1) is 13.8 Å². The van der Waals surface area contributed by atoms with Crippen molar-refractivity contribution < 1.29 is 0 Å². The highest BCUT2D eigenvalue weighted by atomic mass is 35.5. The molecule has 2 rings (SSSR count). The van der Waals surface area contributed by atoms with Crippen molar-refractivity contribution in [3.05, 3.63) is 45.9 Å². The topological polar surface area (TPSA) is 53.1 Å². The van der Waals surface area contributed by atoms with Gasteiger partial charge in [-0.3, -0.25) is 5.43 Å². The molecule has 100 valence electrons. The summed E-state index contributed by atoms with van der Waals surface area (Å²) < 4.78 is 0. The van der Waals surface area contributed by atoms with Crippen molar-refractivity contribution in [2.45, 2.75) is 27.2 Å². The number of hydrogen-bond donors (Lipinski definition) is 2. The van der Waals surface area contributed by atoms with Crippen molar-refractivity contribution in [1.29, 1.82) is 0 Å². The first kappa shape index (κ1) is 13.6. The number of halogens is 1. The lowest BCUT2D eigenvalue weighted by molar-refractivity contribution is 1.08. The van der Waals surface area contributed by atoms with E-state index in [1.165, 1.54) is 16.8 Å². The molecule has 0 atom stereocenters. The number of H-pyrrole nitrogens is 1. The summed E-state index contributed by atoms with van der Waals surface area (Å²) in [6, 6.07) is 5.36. The van der Waals surface area contributed by atoms with Gasteiger partial charge in [0.15, 0.2) is 0 Å². The average Bonchev–Trinajstić information content (AvgIpc) is 2.64. The predicted molar refractivity (Wildman–Crippen MR) is 80.1 cm³/mol. The van der Waals surface area contributed by atoms with Crippen molar-refractivity contribution >= 4 is 23.6 Å². The Labute approximate surface area is 117 Å². The van der Waals surface area contributed by atoms with E-state index in [0.29, 0.717) is 11.0 Å². The standard InChI is InChI=1S/C14H17ClN4/c1-4-11-9(2)12(17-10(11)3)8-16-19-14-7-5-6-13(15)18-14/h5-8,17H,4H2,1-3H3,(H,18,19)/b16-8-. The lowest BCUT2D eigenvalue weighted by atomic mass is 10.1. The molecule has 2 heterocycles. The molecular weight excluding hydrogens is 260 g/mol. The van der Waals surface area contributed by atoms with Crippen LogP contribution in [0.3, 0.4) is 0 Å². The Bertz CT molecular complexity index is 601. The Kier molecular flexibility index (Phi) is 4.22.